The minimum Gasteiger partial charge on any atom is -0.399 e. The van der Waals surface area contributed by atoms with Gasteiger partial charge in [0.2, 0.25) is 5.91 Å². The zero-order valence-electron chi connectivity index (χ0n) is 11.2. The summed E-state index contributed by atoms with van der Waals surface area (Å²) in [5.74, 6) is -0.0300. The Morgan fingerprint density at radius 3 is 2.63 bits per heavy atom. The molecule has 0 fully saturated rings. The predicted octanol–water partition coefficient (Wildman–Crippen LogP) is 3.07. The summed E-state index contributed by atoms with van der Waals surface area (Å²) in [5.41, 5.74) is 10.4. The number of nitrogen functional groups attached to an aromatic ring is 1. The first-order chi connectivity index (χ1) is 9.04. The van der Waals surface area contributed by atoms with Crippen molar-refractivity contribution in [3.05, 3.63) is 59.2 Å². The number of carbonyl (C=O) groups is 1. The maximum atomic E-state index is 12.0. The van der Waals surface area contributed by atoms with Gasteiger partial charge in [0.1, 0.15) is 0 Å². The highest BCUT2D eigenvalue weighted by molar-refractivity contribution is 5.93. The molecule has 1 amide bonds. The van der Waals surface area contributed by atoms with Gasteiger partial charge in [-0.2, -0.15) is 0 Å². The van der Waals surface area contributed by atoms with E-state index >= 15 is 0 Å². The first-order valence-electron chi connectivity index (χ1n) is 6.26. The fourth-order valence-corrected chi connectivity index (χ4v) is 2.04. The molecule has 0 saturated heterocycles. The molecule has 2 aromatic rings. The highest BCUT2D eigenvalue weighted by Gasteiger charge is 2.06. The molecule has 0 saturated carbocycles. The molecule has 0 unspecified atom stereocenters. The smallest absolute Gasteiger partial charge is 0.228 e. The minimum absolute atomic E-state index is 0.0300. The Kier molecular flexibility index (Phi) is 3.85. The highest BCUT2D eigenvalue weighted by atomic mass is 16.1. The number of nitrogens with one attached hydrogen (secondary N) is 1. The van der Waals surface area contributed by atoms with Gasteiger partial charge in [0.15, 0.2) is 0 Å². The van der Waals surface area contributed by atoms with E-state index in [4.69, 9.17) is 5.73 Å². The third kappa shape index (κ3) is 3.58. The number of hydrogen-bond acceptors (Lipinski definition) is 2. The van der Waals surface area contributed by atoms with Gasteiger partial charge in [-0.25, -0.2) is 0 Å². The minimum atomic E-state index is -0.0300. The van der Waals surface area contributed by atoms with Crippen molar-refractivity contribution in [2.45, 2.75) is 20.3 Å². The Balaban J connectivity index is 2.05. The number of amides is 1. The van der Waals surface area contributed by atoms with Crippen LogP contribution in [0, 0.1) is 13.8 Å². The number of benzene rings is 2. The fourth-order valence-electron chi connectivity index (χ4n) is 2.04. The molecule has 3 nitrogen and oxygen atoms in total. The van der Waals surface area contributed by atoms with Crippen LogP contribution < -0.4 is 11.1 Å². The van der Waals surface area contributed by atoms with Crippen LogP contribution in [0.3, 0.4) is 0 Å². The van der Waals surface area contributed by atoms with E-state index in [1.807, 2.05) is 50.2 Å². The molecule has 0 heterocycles. The van der Waals surface area contributed by atoms with E-state index < -0.39 is 0 Å². The maximum absolute atomic E-state index is 12.0. The number of rotatable bonds is 3. The van der Waals surface area contributed by atoms with Gasteiger partial charge in [0.25, 0.3) is 0 Å². The van der Waals surface area contributed by atoms with Crippen molar-refractivity contribution in [2.24, 2.45) is 0 Å². The number of anilines is 2. The third-order valence-electron chi connectivity index (χ3n) is 2.97. The Labute approximate surface area is 113 Å². The predicted molar refractivity (Wildman–Crippen MR) is 79.1 cm³/mol. The standard InChI is InChI=1S/C16H18N2O/c1-11-6-7-15(12(2)8-11)18-16(19)10-13-4-3-5-14(17)9-13/h3-9H,10,17H2,1-2H3,(H,18,19). The van der Waals surface area contributed by atoms with Crippen LogP contribution in [0.5, 0.6) is 0 Å². The Hall–Kier alpha value is -2.29. The van der Waals surface area contributed by atoms with Crippen molar-refractivity contribution in [3.63, 3.8) is 0 Å². The first kappa shape index (κ1) is 13.1. The average molecular weight is 254 g/mol. The average Bonchev–Trinajstić information content (AvgIpc) is 2.33. The Bertz CT molecular complexity index is 605. The van der Waals surface area contributed by atoms with E-state index in [0.29, 0.717) is 12.1 Å². The second kappa shape index (κ2) is 5.57. The van der Waals surface area contributed by atoms with Crippen LogP contribution in [0.15, 0.2) is 42.5 Å². The van der Waals surface area contributed by atoms with E-state index in [-0.39, 0.29) is 5.91 Å². The van der Waals surface area contributed by atoms with Gasteiger partial charge in [0, 0.05) is 11.4 Å². The van der Waals surface area contributed by atoms with Crippen molar-refractivity contribution in [2.75, 3.05) is 11.1 Å². The van der Waals surface area contributed by atoms with Crippen LogP contribution in [0.4, 0.5) is 11.4 Å². The monoisotopic (exact) mass is 254 g/mol. The molecule has 3 heteroatoms. The third-order valence-corrected chi connectivity index (χ3v) is 2.97. The van der Waals surface area contributed by atoms with Crippen LogP contribution in [0.25, 0.3) is 0 Å². The zero-order chi connectivity index (χ0) is 13.8. The normalized spacial score (nSPS) is 10.2. The number of carbonyl (C=O) groups excluding carboxylic acids is 1. The molecule has 0 aliphatic rings. The molecule has 0 radical (unpaired) electrons. The summed E-state index contributed by atoms with van der Waals surface area (Å²) in [6, 6.07) is 13.4. The van der Waals surface area contributed by atoms with Crippen molar-refractivity contribution < 1.29 is 4.79 Å². The van der Waals surface area contributed by atoms with Gasteiger partial charge in [-0.15, -0.1) is 0 Å². The molecule has 2 aromatic carbocycles. The SMILES string of the molecule is Cc1ccc(NC(=O)Cc2cccc(N)c2)c(C)c1. The van der Waals surface area contributed by atoms with Gasteiger partial charge in [-0.05, 0) is 43.2 Å². The molecule has 0 aliphatic heterocycles. The van der Waals surface area contributed by atoms with Crippen molar-refractivity contribution >= 4 is 17.3 Å². The molecular weight excluding hydrogens is 236 g/mol. The number of hydrogen-bond donors (Lipinski definition) is 2. The van der Waals surface area contributed by atoms with Crippen LogP contribution in [-0.4, -0.2) is 5.91 Å². The number of aryl methyl sites for hydroxylation is 2. The lowest BCUT2D eigenvalue weighted by Crippen LogP contribution is -2.15. The van der Waals surface area contributed by atoms with Crippen molar-refractivity contribution in [1.29, 1.82) is 0 Å². The number of nitrogens with two attached hydrogens (primary N) is 1. The van der Waals surface area contributed by atoms with E-state index in [9.17, 15) is 4.79 Å². The van der Waals surface area contributed by atoms with Gasteiger partial charge in [0.05, 0.1) is 6.42 Å². The van der Waals surface area contributed by atoms with Crippen LogP contribution in [0.1, 0.15) is 16.7 Å². The topological polar surface area (TPSA) is 55.1 Å². The van der Waals surface area contributed by atoms with Gasteiger partial charge >= 0.3 is 0 Å². The molecule has 98 valence electrons. The summed E-state index contributed by atoms with van der Waals surface area (Å²) >= 11 is 0. The van der Waals surface area contributed by atoms with Gasteiger partial charge < -0.3 is 11.1 Å². The Morgan fingerprint density at radius 1 is 1.16 bits per heavy atom. The fraction of sp³-hybridized carbons (Fsp3) is 0.188. The molecule has 0 spiro atoms. The van der Waals surface area contributed by atoms with E-state index in [0.717, 1.165) is 16.8 Å². The van der Waals surface area contributed by atoms with E-state index in [1.165, 1.54) is 5.56 Å². The summed E-state index contributed by atoms with van der Waals surface area (Å²) in [6.07, 6.45) is 0.332. The van der Waals surface area contributed by atoms with Crippen LogP contribution in [0.2, 0.25) is 0 Å². The molecular formula is C16H18N2O. The lowest BCUT2D eigenvalue weighted by molar-refractivity contribution is -0.115. The largest absolute Gasteiger partial charge is 0.399 e. The van der Waals surface area contributed by atoms with Crippen molar-refractivity contribution in [3.8, 4) is 0 Å². The Morgan fingerprint density at radius 2 is 1.95 bits per heavy atom. The molecule has 3 N–H and O–H groups in total. The first-order valence-corrected chi connectivity index (χ1v) is 6.26. The second-order valence-corrected chi connectivity index (χ2v) is 4.79. The lowest BCUT2D eigenvalue weighted by Gasteiger charge is -2.09. The van der Waals surface area contributed by atoms with E-state index in [2.05, 4.69) is 11.4 Å². The maximum Gasteiger partial charge on any atom is 0.228 e. The van der Waals surface area contributed by atoms with Gasteiger partial charge in [-0.1, -0.05) is 29.8 Å². The summed E-state index contributed by atoms with van der Waals surface area (Å²) in [4.78, 5) is 12.0. The van der Waals surface area contributed by atoms with Crippen LogP contribution in [-0.2, 0) is 11.2 Å². The summed E-state index contributed by atoms with van der Waals surface area (Å²) in [6.45, 7) is 4.02. The zero-order valence-corrected chi connectivity index (χ0v) is 11.2. The van der Waals surface area contributed by atoms with E-state index in [1.54, 1.807) is 0 Å². The summed E-state index contributed by atoms with van der Waals surface area (Å²) < 4.78 is 0. The quantitative estimate of drug-likeness (QED) is 0.827. The highest BCUT2D eigenvalue weighted by Crippen LogP contribution is 2.16. The molecule has 0 aromatic heterocycles. The lowest BCUT2D eigenvalue weighted by atomic mass is 10.1. The molecule has 0 bridgehead atoms. The molecule has 0 atom stereocenters. The van der Waals surface area contributed by atoms with Gasteiger partial charge in [-0.3, -0.25) is 4.79 Å². The van der Waals surface area contributed by atoms with Crippen molar-refractivity contribution in [1.82, 2.24) is 0 Å². The summed E-state index contributed by atoms with van der Waals surface area (Å²) in [7, 11) is 0. The molecule has 0 aliphatic carbocycles. The second-order valence-electron chi connectivity index (χ2n) is 4.79. The molecule has 2 rings (SSSR count). The molecule has 19 heavy (non-hydrogen) atoms. The van der Waals surface area contributed by atoms with Crippen LogP contribution >= 0.6 is 0 Å². The summed E-state index contributed by atoms with van der Waals surface area (Å²) in [5, 5.41) is 2.93.